The third kappa shape index (κ3) is 3.39. The van der Waals surface area contributed by atoms with E-state index in [0.717, 1.165) is 0 Å². The number of allylic oxidation sites excluding steroid dienone is 1. The summed E-state index contributed by atoms with van der Waals surface area (Å²) in [7, 11) is -3.75. The smallest absolute Gasteiger partial charge is 0.322 e. The Hall–Kier alpha value is -1.31. The Bertz CT molecular complexity index is 462. The molecule has 84 valence electrons. The maximum atomic E-state index is 11.6. The van der Waals surface area contributed by atoms with Crippen molar-refractivity contribution in [3.05, 3.63) is 18.0 Å². The van der Waals surface area contributed by atoms with Crippen LogP contribution < -0.4 is 0 Å². The van der Waals surface area contributed by atoms with Crippen molar-refractivity contribution < 1.29 is 21.7 Å². The third-order valence-electron chi connectivity index (χ3n) is 1.46. The van der Waals surface area contributed by atoms with Crippen molar-refractivity contribution in [1.82, 2.24) is 10.1 Å². The van der Waals surface area contributed by atoms with Gasteiger partial charge in [0.2, 0.25) is 9.84 Å². The van der Waals surface area contributed by atoms with Crippen LogP contribution in [-0.2, 0) is 9.84 Å². The Labute approximate surface area is 84.7 Å². The molecule has 0 saturated carbocycles. The second kappa shape index (κ2) is 4.47. The molecular formula is C7H8F2N2O3S. The number of nitrogens with zero attached hydrogens (tertiary/aromatic N) is 2. The van der Waals surface area contributed by atoms with E-state index in [9.17, 15) is 17.2 Å². The van der Waals surface area contributed by atoms with Gasteiger partial charge in [-0.15, -0.1) is 0 Å². The van der Waals surface area contributed by atoms with Gasteiger partial charge in [-0.2, -0.15) is 13.8 Å². The van der Waals surface area contributed by atoms with Crippen LogP contribution in [0, 0.1) is 6.92 Å². The summed E-state index contributed by atoms with van der Waals surface area (Å²) < 4.78 is 50.4. The lowest BCUT2D eigenvalue weighted by Crippen LogP contribution is -2.06. The van der Waals surface area contributed by atoms with E-state index in [1.54, 1.807) is 0 Å². The molecule has 0 amide bonds. The topological polar surface area (TPSA) is 73.1 Å². The van der Waals surface area contributed by atoms with Crippen LogP contribution in [-0.4, -0.2) is 24.3 Å². The summed E-state index contributed by atoms with van der Waals surface area (Å²) in [6, 6.07) is 0. The van der Waals surface area contributed by atoms with Crippen LogP contribution in [0.5, 0.6) is 0 Å². The Balaban J connectivity index is 2.73. The zero-order valence-corrected chi connectivity index (χ0v) is 8.59. The first-order chi connectivity index (χ1) is 6.92. The largest absolute Gasteiger partial charge is 0.342 e. The van der Waals surface area contributed by atoms with Gasteiger partial charge in [0.25, 0.3) is 6.08 Å². The summed E-state index contributed by atoms with van der Waals surface area (Å²) in [6.45, 7) is 1.46. The fourth-order valence-electron chi connectivity index (χ4n) is 0.815. The molecule has 0 N–H and O–H groups in total. The molecule has 8 heteroatoms. The summed E-state index contributed by atoms with van der Waals surface area (Å²) in [5.41, 5.74) is 0. The SMILES string of the molecule is Cc1noc(S(=O)(=O)CCC=C(F)F)n1. The summed E-state index contributed by atoms with van der Waals surface area (Å²) in [4.78, 5) is 3.51. The quantitative estimate of drug-likeness (QED) is 0.791. The lowest BCUT2D eigenvalue weighted by molar-refractivity contribution is 0.327. The highest BCUT2D eigenvalue weighted by molar-refractivity contribution is 7.91. The lowest BCUT2D eigenvalue weighted by Gasteiger charge is -1.94. The number of halogens is 2. The van der Waals surface area contributed by atoms with Crippen molar-refractivity contribution in [2.45, 2.75) is 18.6 Å². The standard InChI is InChI=1S/C7H8F2N2O3S/c1-5-10-7(14-11-5)15(12,13)4-2-3-6(8)9/h3H,2,4H2,1H3. The van der Waals surface area contributed by atoms with Gasteiger partial charge in [-0.05, 0) is 19.4 Å². The van der Waals surface area contributed by atoms with Crippen LogP contribution in [0.4, 0.5) is 8.78 Å². The highest BCUT2D eigenvalue weighted by Gasteiger charge is 2.20. The molecule has 0 radical (unpaired) electrons. The Morgan fingerprint density at radius 3 is 2.67 bits per heavy atom. The molecule has 0 atom stereocenters. The molecule has 0 aliphatic heterocycles. The van der Waals surface area contributed by atoms with Crippen LogP contribution in [0.25, 0.3) is 0 Å². The number of sulfone groups is 1. The third-order valence-corrected chi connectivity index (χ3v) is 2.93. The highest BCUT2D eigenvalue weighted by Crippen LogP contribution is 2.10. The van der Waals surface area contributed by atoms with E-state index >= 15 is 0 Å². The zero-order valence-electron chi connectivity index (χ0n) is 7.77. The summed E-state index contributed by atoms with van der Waals surface area (Å²) in [5, 5.41) is 2.76. The molecule has 15 heavy (non-hydrogen) atoms. The molecule has 1 aromatic rings. The van der Waals surface area contributed by atoms with E-state index < -0.39 is 26.9 Å². The molecule has 0 spiro atoms. The molecule has 0 aliphatic rings. The van der Waals surface area contributed by atoms with Gasteiger partial charge >= 0.3 is 5.22 Å². The minimum absolute atomic E-state index is 0.181. The molecular weight excluding hydrogens is 230 g/mol. The Morgan fingerprint density at radius 1 is 1.53 bits per heavy atom. The second-order valence-electron chi connectivity index (χ2n) is 2.71. The van der Waals surface area contributed by atoms with E-state index in [4.69, 9.17) is 0 Å². The fourth-order valence-corrected chi connectivity index (χ4v) is 1.84. The monoisotopic (exact) mass is 238 g/mol. The molecule has 1 heterocycles. The van der Waals surface area contributed by atoms with Gasteiger partial charge in [0.05, 0.1) is 5.75 Å². The van der Waals surface area contributed by atoms with Crippen LogP contribution in [0.15, 0.2) is 21.9 Å². The highest BCUT2D eigenvalue weighted by atomic mass is 32.2. The zero-order chi connectivity index (χ0) is 11.5. The van der Waals surface area contributed by atoms with Crippen LogP contribution >= 0.6 is 0 Å². The molecule has 0 bridgehead atoms. The normalized spacial score (nSPS) is 11.4. The first-order valence-electron chi connectivity index (χ1n) is 3.96. The average molecular weight is 238 g/mol. The molecule has 1 rings (SSSR count). The van der Waals surface area contributed by atoms with E-state index in [1.165, 1.54) is 6.92 Å². The summed E-state index contributed by atoms with van der Waals surface area (Å²) >= 11 is 0. The van der Waals surface area contributed by atoms with Gasteiger partial charge in [-0.25, -0.2) is 8.42 Å². The molecule has 0 saturated heterocycles. The van der Waals surface area contributed by atoms with Gasteiger partial charge in [0, 0.05) is 0 Å². The van der Waals surface area contributed by atoms with E-state index in [2.05, 4.69) is 14.7 Å². The van der Waals surface area contributed by atoms with Crippen molar-refractivity contribution in [2.75, 3.05) is 5.75 Å². The van der Waals surface area contributed by atoms with Crippen molar-refractivity contribution in [1.29, 1.82) is 0 Å². The molecule has 0 fully saturated rings. The van der Waals surface area contributed by atoms with Crippen molar-refractivity contribution >= 4 is 9.84 Å². The van der Waals surface area contributed by atoms with Crippen molar-refractivity contribution in [3.63, 3.8) is 0 Å². The van der Waals surface area contributed by atoms with Crippen LogP contribution in [0.2, 0.25) is 0 Å². The predicted molar refractivity (Wildman–Crippen MR) is 46.0 cm³/mol. The first-order valence-corrected chi connectivity index (χ1v) is 5.61. The maximum absolute atomic E-state index is 11.6. The number of aryl methyl sites for hydroxylation is 1. The summed E-state index contributed by atoms with van der Waals surface area (Å²) in [6.07, 6.45) is -1.67. The molecule has 0 unspecified atom stereocenters. The molecule has 5 nitrogen and oxygen atoms in total. The minimum Gasteiger partial charge on any atom is -0.322 e. The number of hydrogen-bond acceptors (Lipinski definition) is 5. The summed E-state index contributed by atoms with van der Waals surface area (Å²) in [5.74, 6) is -0.299. The van der Waals surface area contributed by atoms with Gasteiger partial charge in [0.15, 0.2) is 5.82 Å². The number of rotatable bonds is 4. The Kier molecular flexibility index (Phi) is 3.51. The van der Waals surface area contributed by atoms with Crippen LogP contribution in [0.3, 0.4) is 0 Å². The van der Waals surface area contributed by atoms with Crippen molar-refractivity contribution in [2.24, 2.45) is 0 Å². The lowest BCUT2D eigenvalue weighted by atomic mass is 10.5. The maximum Gasteiger partial charge on any atom is 0.342 e. The second-order valence-corrected chi connectivity index (χ2v) is 4.70. The van der Waals surface area contributed by atoms with Gasteiger partial charge in [0.1, 0.15) is 0 Å². The van der Waals surface area contributed by atoms with E-state index in [1.807, 2.05) is 0 Å². The fraction of sp³-hybridized carbons (Fsp3) is 0.429. The first kappa shape index (κ1) is 11.8. The van der Waals surface area contributed by atoms with E-state index in [-0.39, 0.29) is 12.2 Å². The number of hydrogen-bond donors (Lipinski definition) is 0. The van der Waals surface area contributed by atoms with E-state index in [0.29, 0.717) is 6.08 Å². The van der Waals surface area contributed by atoms with Crippen LogP contribution in [0.1, 0.15) is 12.2 Å². The molecule has 0 aliphatic carbocycles. The Morgan fingerprint density at radius 2 is 2.20 bits per heavy atom. The van der Waals surface area contributed by atoms with Crippen molar-refractivity contribution in [3.8, 4) is 0 Å². The predicted octanol–water partition coefficient (Wildman–Crippen LogP) is 1.32. The minimum atomic E-state index is -3.75. The van der Waals surface area contributed by atoms with Gasteiger partial charge in [-0.3, -0.25) is 0 Å². The average Bonchev–Trinajstić information content (AvgIpc) is 2.51. The molecule has 1 aromatic heterocycles. The van der Waals surface area contributed by atoms with Gasteiger partial charge < -0.3 is 4.52 Å². The molecule has 0 aromatic carbocycles. The number of aromatic nitrogens is 2. The van der Waals surface area contributed by atoms with Gasteiger partial charge in [-0.1, -0.05) is 5.16 Å².